The summed E-state index contributed by atoms with van der Waals surface area (Å²) in [5.41, 5.74) is -0.639. The van der Waals surface area contributed by atoms with Crippen LogP contribution in [0.4, 0.5) is 0 Å². The summed E-state index contributed by atoms with van der Waals surface area (Å²) in [5.74, 6) is -8.33. The van der Waals surface area contributed by atoms with E-state index in [-0.39, 0.29) is 6.42 Å². The van der Waals surface area contributed by atoms with Crippen LogP contribution in [0.5, 0.6) is 5.75 Å². The summed E-state index contributed by atoms with van der Waals surface area (Å²) in [5, 5.41) is 13.8. The lowest BCUT2D eigenvalue weighted by atomic mass is 9.91. The second kappa shape index (κ2) is 18.0. The first kappa shape index (κ1) is 39.2. The van der Waals surface area contributed by atoms with Gasteiger partial charge in [0, 0.05) is 18.2 Å². The summed E-state index contributed by atoms with van der Waals surface area (Å²) in [4.78, 5) is 80.7. The zero-order valence-corrected chi connectivity index (χ0v) is 29.1. The van der Waals surface area contributed by atoms with Gasteiger partial charge in [-0.2, -0.15) is 0 Å². The van der Waals surface area contributed by atoms with Gasteiger partial charge >= 0.3 is 29.8 Å². The predicted octanol–water partition coefficient (Wildman–Crippen LogP) is 1.93. The molecule has 0 saturated carbocycles. The average molecular weight is 700 g/mol. The summed E-state index contributed by atoms with van der Waals surface area (Å²) in [7, 11) is 0. The third-order valence-electron chi connectivity index (χ3n) is 7.44. The number of carbonyl (C=O) groups excluding carboxylic acids is 5. The topological polar surface area (TPSA) is 198 Å². The number of carbonyl (C=O) groups is 5. The molecule has 50 heavy (non-hydrogen) atoms. The maximum atomic E-state index is 13.8. The fraction of sp³-hybridized carbons (Fsp3) is 0.514. The number of hydrogen-bond donors (Lipinski definition) is 0. The lowest BCUT2D eigenvalue weighted by Crippen LogP contribution is -2.44. The smallest absolute Gasteiger partial charge is 0.334 e. The average Bonchev–Trinajstić information content (AvgIpc) is 3.10. The normalized spacial score (nSPS) is 19.9. The summed E-state index contributed by atoms with van der Waals surface area (Å²) in [6.45, 7) is 8.97. The minimum atomic E-state index is -1.74. The Morgan fingerprint density at radius 1 is 0.900 bits per heavy atom. The summed E-state index contributed by atoms with van der Waals surface area (Å²) < 4.78 is 33.5. The maximum Gasteiger partial charge on any atom is 0.334 e. The van der Waals surface area contributed by atoms with Crippen molar-refractivity contribution in [3.8, 4) is 5.75 Å². The molecule has 1 saturated heterocycles. The molecular weight excluding hydrogens is 656 g/mol. The highest BCUT2D eigenvalue weighted by Gasteiger charge is 2.42. The van der Waals surface area contributed by atoms with Crippen LogP contribution in [0.15, 0.2) is 52.4 Å². The third-order valence-corrected chi connectivity index (χ3v) is 7.44. The van der Waals surface area contributed by atoms with Crippen LogP contribution in [0, 0.1) is 23.7 Å². The molecule has 3 unspecified atom stereocenters. The molecule has 2 heterocycles. The van der Waals surface area contributed by atoms with Crippen molar-refractivity contribution >= 4 is 35.7 Å². The first-order valence-electron chi connectivity index (χ1n) is 16.2. The number of aliphatic imine (C=N–C) groups is 1. The standard InChI is InChI=1S/C35H44N2O13/c1-19(2)31(40)46-17-37-14-13-26(38)29(47-18-48-32(41)20(3)4)27(37)30(39)36-25-16-45-34(43)24(15-23-11-9-8-10-12-23)28(22(7)49-35(25)44)50-33(42)21(5)6/h8-14,19-22,24-25,28H,15-18H2,1-7H3,(H,36,39)/p-1/t22?,24?,25?,28-/m0/s1. The van der Waals surface area contributed by atoms with Gasteiger partial charge in [0.25, 0.3) is 0 Å². The van der Waals surface area contributed by atoms with Crippen LogP contribution in [0.1, 0.15) is 59.7 Å². The zero-order valence-electron chi connectivity index (χ0n) is 29.1. The number of esters is 5. The molecule has 0 bridgehead atoms. The van der Waals surface area contributed by atoms with Gasteiger partial charge in [-0.25, -0.2) is 4.79 Å². The summed E-state index contributed by atoms with van der Waals surface area (Å²) in [6.07, 6.45) is -1.21. The highest BCUT2D eigenvalue weighted by Crippen LogP contribution is 2.25. The number of ether oxygens (including phenoxy) is 6. The Bertz CT molecular complexity index is 1610. The van der Waals surface area contributed by atoms with E-state index in [1.54, 1.807) is 71.9 Å². The van der Waals surface area contributed by atoms with E-state index >= 15 is 0 Å². The molecule has 15 nitrogen and oxygen atoms in total. The Morgan fingerprint density at radius 2 is 1.52 bits per heavy atom. The lowest BCUT2D eigenvalue weighted by Gasteiger charge is -2.29. The van der Waals surface area contributed by atoms with Gasteiger partial charge in [0.2, 0.25) is 12.2 Å². The molecule has 0 amide bonds. The van der Waals surface area contributed by atoms with Gasteiger partial charge in [0.05, 0.1) is 17.8 Å². The van der Waals surface area contributed by atoms with Gasteiger partial charge in [-0.3, -0.25) is 29.0 Å². The van der Waals surface area contributed by atoms with E-state index in [1.165, 1.54) is 6.92 Å². The van der Waals surface area contributed by atoms with Gasteiger partial charge < -0.3 is 38.1 Å². The van der Waals surface area contributed by atoms with Crippen molar-refractivity contribution in [3.05, 3.63) is 64.1 Å². The van der Waals surface area contributed by atoms with Crippen LogP contribution in [0.3, 0.4) is 0 Å². The molecule has 1 aliphatic heterocycles. The molecule has 1 aliphatic rings. The Balaban J connectivity index is 2.03. The third kappa shape index (κ3) is 10.6. The monoisotopic (exact) mass is 699 g/mol. The Hall–Kier alpha value is -5.21. The number of aromatic nitrogens is 1. The lowest BCUT2D eigenvalue weighted by molar-refractivity contribution is -0.215. The molecule has 0 aliphatic carbocycles. The van der Waals surface area contributed by atoms with Gasteiger partial charge in [-0.15, -0.1) is 0 Å². The van der Waals surface area contributed by atoms with E-state index in [0.29, 0.717) is 0 Å². The fourth-order valence-corrected chi connectivity index (χ4v) is 4.57. The molecule has 1 fully saturated rings. The van der Waals surface area contributed by atoms with E-state index in [0.717, 1.165) is 22.4 Å². The molecule has 0 radical (unpaired) electrons. The molecule has 1 aromatic carbocycles. The van der Waals surface area contributed by atoms with Crippen LogP contribution >= 0.6 is 0 Å². The summed E-state index contributed by atoms with van der Waals surface area (Å²) in [6, 6.07) is 8.18. The van der Waals surface area contributed by atoms with Crippen LogP contribution < -0.4 is 15.3 Å². The number of cyclic esters (lactones) is 2. The second-order valence-electron chi connectivity index (χ2n) is 12.5. The minimum Gasteiger partial charge on any atom is -0.857 e. The molecule has 3 rings (SSSR count). The van der Waals surface area contributed by atoms with E-state index < -0.39 is 115 Å². The van der Waals surface area contributed by atoms with Gasteiger partial charge in [0.15, 0.2) is 24.6 Å². The molecule has 0 spiro atoms. The zero-order chi connectivity index (χ0) is 37.1. The minimum absolute atomic E-state index is 0.0752. The highest BCUT2D eigenvalue weighted by atomic mass is 16.7. The van der Waals surface area contributed by atoms with Crippen molar-refractivity contribution in [2.75, 3.05) is 13.4 Å². The van der Waals surface area contributed by atoms with Crippen molar-refractivity contribution in [3.63, 3.8) is 0 Å². The van der Waals surface area contributed by atoms with Crippen molar-refractivity contribution in [2.24, 2.45) is 28.7 Å². The fourth-order valence-electron chi connectivity index (χ4n) is 4.57. The van der Waals surface area contributed by atoms with Gasteiger partial charge in [-0.1, -0.05) is 71.9 Å². The number of nitrogens with zero attached hydrogens (tertiary/aromatic N) is 2. The van der Waals surface area contributed by atoms with Gasteiger partial charge in [-0.05, 0) is 18.9 Å². The molecule has 2 aromatic rings. The number of rotatable bonds is 13. The predicted molar refractivity (Wildman–Crippen MR) is 173 cm³/mol. The number of hydrogen-bond acceptors (Lipinski definition) is 14. The maximum absolute atomic E-state index is 13.8. The first-order chi connectivity index (χ1) is 23.6. The van der Waals surface area contributed by atoms with Crippen molar-refractivity contribution < 1.29 is 57.5 Å². The molecule has 15 heteroatoms. The molecule has 4 atom stereocenters. The van der Waals surface area contributed by atoms with Crippen LogP contribution in [-0.2, 0) is 60.8 Å². The number of pyridine rings is 1. The molecule has 272 valence electrons. The molecule has 0 N–H and O–H groups in total. The van der Waals surface area contributed by atoms with E-state index in [1.807, 2.05) is 0 Å². The van der Waals surface area contributed by atoms with Crippen LogP contribution in [-0.4, -0.2) is 72.0 Å². The van der Waals surface area contributed by atoms with Crippen LogP contribution in [0.2, 0.25) is 0 Å². The van der Waals surface area contributed by atoms with E-state index in [2.05, 4.69) is 4.99 Å². The van der Waals surface area contributed by atoms with E-state index in [9.17, 15) is 33.9 Å². The Morgan fingerprint density at radius 3 is 2.14 bits per heavy atom. The quantitative estimate of drug-likeness (QED) is 0.0967. The SMILES string of the molecule is CC(C)C(=O)OCOc1c(C([O-])=NC2COC(=O)C(Cc3ccccc3)[C@@H](OC(=O)C(C)C)C(C)OC2=O)n(COC(=O)C(C)C)ccc1=O. The van der Waals surface area contributed by atoms with Crippen molar-refractivity contribution in [1.29, 1.82) is 0 Å². The largest absolute Gasteiger partial charge is 0.857 e. The van der Waals surface area contributed by atoms with Crippen LogP contribution in [0.25, 0.3) is 0 Å². The van der Waals surface area contributed by atoms with Gasteiger partial charge in [0.1, 0.15) is 24.3 Å². The highest BCUT2D eigenvalue weighted by molar-refractivity contribution is 5.94. The van der Waals surface area contributed by atoms with E-state index in [4.69, 9.17) is 28.4 Å². The van der Waals surface area contributed by atoms with Crippen molar-refractivity contribution in [2.45, 2.75) is 79.9 Å². The Kier molecular flexibility index (Phi) is 14.1. The molecule has 1 aromatic heterocycles. The van der Waals surface area contributed by atoms with Crippen molar-refractivity contribution in [1.82, 2.24) is 4.57 Å². The Labute approximate surface area is 289 Å². The first-order valence-corrected chi connectivity index (χ1v) is 16.2. The second-order valence-corrected chi connectivity index (χ2v) is 12.5. The number of benzene rings is 1. The summed E-state index contributed by atoms with van der Waals surface area (Å²) >= 11 is 0. The molecular formula is C35H43N2O13-.